The van der Waals surface area contributed by atoms with E-state index < -0.39 is 84.5 Å². The van der Waals surface area contributed by atoms with E-state index in [2.05, 4.69) is 11.1 Å². The Balaban J connectivity index is 2.82. The highest BCUT2D eigenvalue weighted by molar-refractivity contribution is 7.80. The summed E-state index contributed by atoms with van der Waals surface area (Å²) in [5.74, 6) is -2.43. The van der Waals surface area contributed by atoms with Gasteiger partial charge in [0.1, 0.15) is 24.4 Å². The van der Waals surface area contributed by atoms with Crippen molar-refractivity contribution >= 4 is 16.4 Å². The quantitative estimate of drug-likeness (QED) is 0.0659. The molecule has 15 heteroatoms. The molecule has 0 bridgehead atoms. The summed E-state index contributed by atoms with van der Waals surface area (Å²) < 4.78 is 50.5. The van der Waals surface area contributed by atoms with Crippen molar-refractivity contribution in [3.63, 3.8) is 0 Å². The minimum atomic E-state index is -4.89. The third-order valence-corrected chi connectivity index (χ3v) is 6.07. The number of carbonyl (C=O) groups is 1. The summed E-state index contributed by atoms with van der Waals surface area (Å²) in [5.41, 5.74) is 0. The number of unbranched alkanes of at least 4 members (excludes halogenated alkanes) is 4. The highest BCUT2D eigenvalue weighted by Crippen LogP contribution is 2.29. The van der Waals surface area contributed by atoms with E-state index in [9.17, 15) is 43.9 Å². The number of rotatable bonds is 17. The molecule has 1 rings (SSSR count). The largest absolute Gasteiger partial charge is 0.481 e. The van der Waals surface area contributed by atoms with E-state index in [-0.39, 0.29) is 6.61 Å². The average molecular weight is 535 g/mol. The Kier molecular flexibility index (Phi) is 14.0. The molecule has 0 spiro atoms. The lowest BCUT2D eigenvalue weighted by Gasteiger charge is -2.42. The maximum Gasteiger partial charge on any atom is 0.397 e. The van der Waals surface area contributed by atoms with Gasteiger partial charge in [-0.05, 0) is 6.42 Å². The van der Waals surface area contributed by atoms with Crippen molar-refractivity contribution in [2.45, 2.75) is 102 Å². The first kappa shape index (κ1) is 32.0. The zero-order valence-corrected chi connectivity index (χ0v) is 20.6. The molecule has 208 valence electrons. The molecule has 14 nitrogen and oxygen atoms in total. The second-order valence-corrected chi connectivity index (χ2v) is 9.62. The number of carboxylic acid groups (broad SMARTS) is 1. The van der Waals surface area contributed by atoms with E-state index >= 15 is 0 Å². The van der Waals surface area contributed by atoms with Gasteiger partial charge in [0.15, 0.2) is 12.6 Å². The first-order valence-corrected chi connectivity index (χ1v) is 12.8. The number of aliphatic hydroxyl groups is 5. The van der Waals surface area contributed by atoms with Crippen molar-refractivity contribution in [3.05, 3.63) is 0 Å². The van der Waals surface area contributed by atoms with Gasteiger partial charge in [-0.3, -0.25) is 9.35 Å². The first-order chi connectivity index (χ1) is 16.3. The summed E-state index contributed by atoms with van der Waals surface area (Å²) in [5, 5.41) is 60.4. The van der Waals surface area contributed by atoms with Gasteiger partial charge in [-0.2, -0.15) is 8.42 Å². The van der Waals surface area contributed by atoms with E-state index in [1.54, 1.807) is 0 Å². The van der Waals surface area contributed by atoms with Gasteiger partial charge >= 0.3 is 16.4 Å². The SMILES string of the molecule is CCCCCCCOC(O)C(O)C(O)C(CC(=O)O)OC1OC(COS(=O)(=O)O)C(O)C(O)C1C. The van der Waals surface area contributed by atoms with Crippen LogP contribution in [0, 0.1) is 5.92 Å². The maximum atomic E-state index is 11.3. The van der Waals surface area contributed by atoms with Gasteiger partial charge in [0.25, 0.3) is 0 Å². The summed E-state index contributed by atoms with van der Waals surface area (Å²) in [4.78, 5) is 11.3. The molecule has 7 N–H and O–H groups in total. The fourth-order valence-corrected chi connectivity index (χ4v) is 3.81. The average Bonchev–Trinajstić information content (AvgIpc) is 2.78. The number of ether oxygens (including phenoxy) is 3. The van der Waals surface area contributed by atoms with E-state index in [0.717, 1.165) is 25.7 Å². The van der Waals surface area contributed by atoms with E-state index in [4.69, 9.17) is 18.8 Å². The van der Waals surface area contributed by atoms with Gasteiger partial charge in [-0.1, -0.05) is 39.5 Å². The van der Waals surface area contributed by atoms with Crippen LogP contribution < -0.4 is 0 Å². The van der Waals surface area contributed by atoms with Crippen LogP contribution in [0.25, 0.3) is 0 Å². The predicted molar refractivity (Wildman–Crippen MR) is 117 cm³/mol. The Morgan fingerprint density at radius 2 is 1.66 bits per heavy atom. The molecule has 0 aromatic heterocycles. The van der Waals surface area contributed by atoms with Crippen molar-refractivity contribution in [2.24, 2.45) is 5.92 Å². The topological polar surface area (TPSA) is 230 Å². The molecule has 0 amide bonds. The summed E-state index contributed by atoms with van der Waals surface area (Å²) in [7, 11) is -4.89. The highest BCUT2D eigenvalue weighted by atomic mass is 32.3. The van der Waals surface area contributed by atoms with E-state index in [0.29, 0.717) is 6.42 Å². The zero-order valence-electron chi connectivity index (χ0n) is 19.7. The van der Waals surface area contributed by atoms with Crippen molar-refractivity contribution in [1.82, 2.24) is 0 Å². The lowest BCUT2D eigenvalue weighted by atomic mass is 9.92. The fraction of sp³-hybridized carbons (Fsp3) is 0.950. The summed E-state index contributed by atoms with van der Waals surface area (Å²) in [6.45, 7) is 2.63. The van der Waals surface area contributed by atoms with Gasteiger partial charge in [0, 0.05) is 12.5 Å². The molecule has 0 aromatic rings. The van der Waals surface area contributed by atoms with E-state index in [1.807, 2.05) is 0 Å². The molecule has 0 saturated carbocycles. The second kappa shape index (κ2) is 15.3. The second-order valence-electron chi connectivity index (χ2n) is 8.52. The molecule has 1 saturated heterocycles. The Bertz CT molecular complexity index is 719. The third-order valence-electron chi connectivity index (χ3n) is 5.63. The van der Waals surface area contributed by atoms with Crippen LogP contribution in [0.2, 0.25) is 0 Å². The minimum absolute atomic E-state index is 0.0986. The molecule has 35 heavy (non-hydrogen) atoms. The van der Waals surface area contributed by atoms with Crippen LogP contribution in [0.15, 0.2) is 0 Å². The summed E-state index contributed by atoms with van der Waals surface area (Å²) in [6, 6.07) is 0. The van der Waals surface area contributed by atoms with Crippen LogP contribution >= 0.6 is 0 Å². The Morgan fingerprint density at radius 1 is 1.03 bits per heavy atom. The first-order valence-electron chi connectivity index (χ1n) is 11.4. The molecule has 1 heterocycles. The summed E-state index contributed by atoms with van der Waals surface area (Å²) in [6.07, 6.45) is -9.94. The standard InChI is InChI=1S/C20H38O14S/c1-3-4-5-6-7-8-31-19(27)18(26)16(24)12(9-14(21)22)33-20-11(2)15(23)17(25)13(34-20)10-32-35(28,29)30/h11-13,15-20,23-27H,3-10H2,1-2H3,(H,21,22)(H,28,29,30). The van der Waals surface area contributed by atoms with Crippen molar-refractivity contribution < 1.29 is 66.8 Å². The molecular formula is C20H38O14S. The minimum Gasteiger partial charge on any atom is -0.481 e. The molecule has 1 aliphatic rings. The van der Waals surface area contributed by atoms with Gasteiger partial charge < -0.3 is 44.8 Å². The summed E-state index contributed by atoms with van der Waals surface area (Å²) >= 11 is 0. The predicted octanol–water partition coefficient (Wildman–Crippen LogP) is -1.22. The van der Waals surface area contributed by atoms with Crippen LogP contribution in [0.5, 0.6) is 0 Å². The van der Waals surface area contributed by atoms with Crippen LogP contribution in [-0.4, -0.2) is 112 Å². The van der Waals surface area contributed by atoms with Crippen LogP contribution in [0.3, 0.4) is 0 Å². The Labute approximate surface area is 204 Å². The van der Waals surface area contributed by atoms with Crippen LogP contribution in [-0.2, 0) is 33.6 Å². The monoisotopic (exact) mass is 534 g/mol. The zero-order chi connectivity index (χ0) is 26.8. The highest BCUT2D eigenvalue weighted by Gasteiger charge is 2.45. The fourth-order valence-electron chi connectivity index (χ4n) is 3.51. The molecule has 9 atom stereocenters. The van der Waals surface area contributed by atoms with Gasteiger partial charge in [-0.15, -0.1) is 0 Å². The molecule has 0 aliphatic carbocycles. The molecule has 1 aliphatic heterocycles. The lowest BCUT2D eigenvalue weighted by molar-refractivity contribution is -0.306. The van der Waals surface area contributed by atoms with Crippen LogP contribution in [0.1, 0.15) is 52.4 Å². The van der Waals surface area contributed by atoms with E-state index in [1.165, 1.54) is 6.92 Å². The molecule has 0 aromatic carbocycles. The third kappa shape index (κ3) is 11.3. The molecular weight excluding hydrogens is 496 g/mol. The normalized spacial score (nSPS) is 28.9. The van der Waals surface area contributed by atoms with Gasteiger partial charge in [0.05, 0.1) is 25.2 Å². The van der Waals surface area contributed by atoms with Crippen LogP contribution in [0.4, 0.5) is 0 Å². The van der Waals surface area contributed by atoms with Gasteiger partial charge in [0.2, 0.25) is 0 Å². The Hall–Kier alpha value is -0.980. The molecule has 1 fully saturated rings. The number of carboxylic acids is 1. The number of hydrogen-bond acceptors (Lipinski definition) is 12. The van der Waals surface area contributed by atoms with Gasteiger partial charge in [-0.25, -0.2) is 4.18 Å². The van der Waals surface area contributed by atoms with Crippen molar-refractivity contribution in [3.8, 4) is 0 Å². The maximum absolute atomic E-state index is 11.3. The Morgan fingerprint density at radius 3 is 2.23 bits per heavy atom. The molecule has 9 unspecified atom stereocenters. The van der Waals surface area contributed by atoms with Crippen molar-refractivity contribution in [2.75, 3.05) is 13.2 Å². The van der Waals surface area contributed by atoms with Crippen molar-refractivity contribution in [1.29, 1.82) is 0 Å². The molecule has 0 radical (unpaired) electrons. The lowest BCUT2D eigenvalue weighted by Crippen LogP contribution is -2.57. The number of aliphatic carboxylic acids is 1. The smallest absolute Gasteiger partial charge is 0.397 e. The number of hydrogen-bond donors (Lipinski definition) is 7. The number of aliphatic hydroxyl groups excluding tert-OH is 5.